The van der Waals surface area contributed by atoms with Crippen molar-refractivity contribution in [1.82, 2.24) is 24.9 Å². The first kappa shape index (κ1) is 18.0. The first-order chi connectivity index (χ1) is 12.6. The summed E-state index contributed by atoms with van der Waals surface area (Å²) < 4.78 is 9.05. The van der Waals surface area contributed by atoms with E-state index in [0.717, 1.165) is 17.7 Å². The van der Waals surface area contributed by atoms with Crippen LogP contribution >= 0.6 is 11.6 Å². The molecule has 26 heavy (non-hydrogen) atoms. The van der Waals surface area contributed by atoms with E-state index in [0.29, 0.717) is 23.8 Å². The van der Waals surface area contributed by atoms with Gasteiger partial charge in [-0.05, 0) is 31.0 Å². The average molecular weight is 374 g/mol. The molecule has 2 heterocycles. The zero-order valence-electron chi connectivity index (χ0n) is 14.4. The monoisotopic (exact) mass is 373 g/mol. The van der Waals surface area contributed by atoms with Gasteiger partial charge in [-0.2, -0.15) is 10.2 Å². The highest BCUT2D eigenvalue weighted by Crippen LogP contribution is 2.16. The first-order valence-electron chi connectivity index (χ1n) is 8.30. The van der Waals surface area contributed by atoms with Crippen LogP contribution in [0.15, 0.2) is 48.9 Å². The fourth-order valence-corrected chi connectivity index (χ4v) is 2.56. The second-order valence-corrected chi connectivity index (χ2v) is 6.25. The molecule has 0 bridgehead atoms. The lowest BCUT2D eigenvalue weighted by atomic mass is 10.2. The number of carbonyl (C=O) groups is 1. The van der Waals surface area contributed by atoms with Gasteiger partial charge < -0.3 is 10.1 Å². The number of benzene rings is 1. The summed E-state index contributed by atoms with van der Waals surface area (Å²) in [6.07, 6.45) is 5.81. The molecule has 0 saturated heterocycles. The number of nitrogens with zero attached hydrogens (tertiary/aromatic N) is 4. The normalized spacial score (nSPS) is 10.7. The van der Waals surface area contributed by atoms with E-state index in [1.165, 1.54) is 0 Å². The molecule has 1 N–H and O–H groups in total. The van der Waals surface area contributed by atoms with Crippen molar-refractivity contribution in [2.75, 3.05) is 6.54 Å². The highest BCUT2D eigenvalue weighted by molar-refractivity contribution is 6.30. The van der Waals surface area contributed by atoms with Crippen molar-refractivity contribution < 1.29 is 9.53 Å². The first-order valence-corrected chi connectivity index (χ1v) is 8.67. The summed E-state index contributed by atoms with van der Waals surface area (Å²) in [6, 6.07) is 9.43. The third kappa shape index (κ3) is 4.86. The molecule has 0 saturated carbocycles. The van der Waals surface area contributed by atoms with Gasteiger partial charge in [0.1, 0.15) is 11.4 Å². The molecule has 8 heteroatoms. The van der Waals surface area contributed by atoms with Crippen molar-refractivity contribution in [2.24, 2.45) is 0 Å². The number of amides is 1. The third-order valence-electron chi connectivity index (χ3n) is 3.77. The maximum atomic E-state index is 12.1. The van der Waals surface area contributed by atoms with Crippen LogP contribution < -0.4 is 10.1 Å². The summed E-state index contributed by atoms with van der Waals surface area (Å²) in [6.45, 7) is 3.45. The highest BCUT2D eigenvalue weighted by Gasteiger charge is 2.09. The second-order valence-electron chi connectivity index (χ2n) is 5.81. The smallest absolute Gasteiger partial charge is 0.271 e. The zero-order valence-corrected chi connectivity index (χ0v) is 15.2. The van der Waals surface area contributed by atoms with E-state index in [9.17, 15) is 4.79 Å². The summed E-state index contributed by atoms with van der Waals surface area (Å²) in [5.41, 5.74) is 1.41. The molecule has 0 aliphatic carbocycles. The van der Waals surface area contributed by atoms with Crippen LogP contribution in [-0.4, -0.2) is 32.0 Å². The van der Waals surface area contributed by atoms with Crippen LogP contribution in [0.25, 0.3) is 0 Å². The van der Waals surface area contributed by atoms with Crippen molar-refractivity contribution in [3.05, 3.63) is 65.2 Å². The molecule has 2 aromatic heterocycles. The molecule has 3 rings (SSSR count). The predicted octanol–water partition coefficient (Wildman–Crippen LogP) is 2.90. The molecular weight excluding hydrogens is 354 g/mol. The summed E-state index contributed by atoms with van der Waals surface area (Å²) in [4.78, 5) is 12.1. The molecule has 0 radical (unpaired) electrons. The fraction of sp³-hybridized carbons (Fsp3) is 0.278. The number of aromatic nitrogens is 4. The van der Waals surface area contributed by atoms with Gasteiger partial charge in [0.15, 0.2) is 6.73 Å². The van der Waals surface area contributed by atoms with Gasteiger partial charge in [-0.1, -0.05) is 29.8 Å². The average Bonchev–Trinajstić information content (AvgIpc) is 3.27. The van der Waals surface area contributed by atoms with E-state index in [2.05, 4.69) is 15.5 Å². The van der Waals surface area contributed by atoms with Crippen molar-refractivity contribution in [2.45, 2.75) is 26.6 Å². The Morgan fingerprint density at radius 3 is 2.88 bits per heavy atom. The van der Waals surface area contributed by atoms with Crippen LogP contribution in [-0.2, 0) is 13.3 Å². The van der Waals surface area contributed by atoms with E-state index < -0.39 is 0 Å². The van der Waals surface area contributed by atoms with Crippen LogP contribution in [0, 0.1) is 6.92 Å². The Balaban J connectivity index is 1.43. The SMILES string of the molecule is Cc1ccccc1OCn1ccc(C(=O)NCCCn2cc(Cl)cn2)n1. The number of hydrogen-bond acceptors (Lipinski definition) is 4. The van der Waals surface area contributed by atoms with E-state index in [4.69, 9.17) is 16.3 Å². The van der Waals surface area contributed by atoms with Crippen LogP contribution in [0.5, 0.6) is 5.75 Å². The van der Waals surface area contributed by atoms with Crippen LogP contribution in [0.1, 0.15) is 22.5 Å². The van der Waals surface area contributed by atoms with E-state index in [1.807, 2.05) is 31.2 Å². The lowest BCUT2D eigenvalue weighted by Crippen LogP contribution is -2.26. The predicted molar refractivity (Wildman–Crippen MR) is 98.2 cm³/mol. The summed E-state index contributed by atoms with van der Waals surface area (Å²) in [7, 11) is 0. The number of aryl methyl sites for hydroxylation is 2. The Hall–Kier alpha value is -2.80. The third-order valence-corrected chi connectivity index (χ3v) is 3.97. The van der Waals surface area contributed by atoms with E-state index in [-0.39, 0.29) is 12.6 Å². The Morgan fingerprint density at radius 1 is 1.27 bits per heavy atom. The summed E-state index contributed by atoms with van der Waals surface area (Å²) in [5, 5.41) is 11.8. The molecule has 1 aromatic carbocycles. The van der Waals surface area contributed by atoms with Gasteiger partial charge in [-0.15, -0.1) is 0 Å². The van der Waals surface area contributed by atoms with Crippen LogP contribution in [0.2, 0.25) is 5.02 Å². The van der Waals surface area contributed by atoms with Crippen LogP contribution in [0.4, 0.5) is 0 Å². The molecule has 0 spiro atoms. The molecular formula is C18H20ClN5O2. The molecule has 136 valence electrons. The molecule has 0 atom stereocenters. The maximum absolute atomic E-state index is 12.1. The summed E-state index contributed by atoms with van der Waals surface area (Å²) >= 11 is 5.81. The second kappa shape index (κ2) is 8.53. The van der Waals surface area contributed by atoms with Gasteiger partial charge in [0, 0.05) is 25.5 Å². The van der Waals surface area contributed by atoms with Crippen molar-refractivity contribution in [3.8, 4) is 5.75 Å². The minimum Gasteiger partial charge on any atom is -0.471 e. The zero-order chi connectivity index (χ0) is 18.4. The quantitative estimate of drug-likeness (QED) is 0.616. The van der Waals surface area contributed by atoms with Gasteiger partial charge in [-0.3, -0.25) is 9.48 Å². The lowest BCUT2D eigenvalue weighted by molar-refractivity contribution is 0.0945. The number of carbonyl (C=O) groups excluding carboxylic acids is 1. The van der Waals surface area contributed by atoms with E-state index >= 15 is 0 Å². The molecule has 3 aromatic rings. The largest absolute Gasteiger partial charge is 0.471 e. The number of rotatable bonds is 8. The Kier molecular flexibility index (Phi) is 5.91. The molecule has 1 amide bonds. The van der Waals surface area contributed by atoms with Crippen molar-refractivity contribution in [1.29, 1.82) is 0 Å². The number of ether oxygens (including phenoxy) is 1. The molecule has 0 aliphatic rings. The Labute approximate surface area is 156 Å². The van der Waals surface area contributed by atoms with Gasteiger partial charge in [0.2, 0.25) is 0 Å². The standard InChI is InChI=1S/C18H20ClN5O2/c1-14-5-2-3-6-17(14)26-13-24-10-7-16(22-24)18(25)20-8-4-9-23-12-15(19)11-21-23/h2-3,5-7,10-12H,4,8-9,13H2,1H3,(H,20,25). The lowest BCUT2D eigenvalue weighted by Gasteiger charge is -2.08. The Morgan fingerprint density at radius 2 is 2.12 bits per heavy atom. The van der Waals surface area contributed by atoms with Gasteiger partial charge in [0.05, 0.1) is 11.2 Å². The maximum Gasteiger partial charge on any atom is 0.271 e. The number of hydrogen-bond donors (Lipinski definition) is 1. The van der Waals surface area contributed by atoms with Crippen molar-refractivity contribution >= 4 is 17.5 Å². The minimum atomic E-state index is -0.210. The van der Waals surface area contributed by atoms with Crippen LogP contribution in [0.3, 0.4) is 0 Å². The minimum absolute atomic E-state index is 0.210. The summed E-state index contributed by atoms with van der Waals surface area (Å²) in [5.74, 6) is 0.589. The van der Waals surface area contributed by atoms with Crippen molar-refractivity contribution in [3.63, 3.8) is 0 Å². The van der Waals surface area contributed by atoms with Gasteiger partial charge in [-0.25, -0.2) is 4.68 Å². The van der Waals surface area contributed by atoms with E-state index in [1.54, 1.807) is 34.0 Å². The number of para-hydroxylation sites is 1. The highest BCUT2D eigenvalue weighted by atomic mass is 35.5. The fourth-order valence-electron chi connectivity index (χ4n) is 2.40. The molecule has 0 aliphatic heterocycles. The van der Waals surface area contributed by atoms with Gasteiger partial charge >= 0.3 is 0 Å². The topological polar surface area (TPSA) is 74.0 Å². The number of halogens is 1. The molecule has 0 fully saturated rings. The van der Waals surface area contributed by atoms with Gasteiger partial charge in [0.25, 0.3) is 5.91 Å². The molecule has 7 nitrogen and oxygen atoms in total. The Bertz CT molecular complexity index is 874. The molecule has 0 unspecified atom stereocenters. The number of nitrogens with one attached hydrogen (secondary N) is 1.